The number of carbonyl (C=O) groups is 2. The van der Waals surface area contributed by atoms with Crippen LogP contribution in [-0.2, 0) is 20.9 Å². The molecule has 0 unspecified atom stereocenters. The fourth-order valence-electron chi connectivity index (χ4n) is 3.19. The fraction of sp³-hybridized carbons (Fsp3) is 0.556. The highest BCUT2D eigenvalue weighted by Crippen LogP contribution is 2.30. The van der Waals surface area contributed by atoms with Crippen molar-refractivity contribution in [1.82, 2.24) is 4.90 Å². The van der Waals surface area contributed by atoms with E-state index in [1.165, 1.54) is 0 Å². The van der Waals surface area contributed by atoms with E-state index in [1.807, 2.05) is 0 Å². The minimum absolute atomic E-state index is 0.120. The normalized spacial score (nSPS) is 25.1. The van der Waals surface area contributed by atoms with E-state index in [2.05, 4.69) is 4.74 Å². The molecule has 1 aromatic rings. The zero-order chi connectivity index (χ0) is 20.8. The molecule has 156 valence electrons. The molecule has 2 rings (SSSR count). The second-order valence-electron chi connectivity index (χ2n) is 6.51. The molecule has 28 heavy (non-hydrogen) atoms. The number of carbonyl (C=O) groups excluding carboxylic acids is 2. The highest BCUT2D eigenvalue weighted by atomic mass is 16.6. The molecule has 10 nitrogen and oxygen atoms in total. The molecule has 0 spiro atoms. The molecule has 0 radical (unpaired) electrons. The average Bonchev–Trinajstić information content (AvgIpc) is 3.07. The van der Waals surface area contributed by atoms with Gasteiger partial charge < -0.3 is 35.0 Å². The number of rotatable bonds is 7. The van der Waals surface area contributed by atoms with Gasteiger partial charge in [-0.25, -0.2) is 9.59 Å². The van der Waals surface area contributed by atoms with Crippen molar-refractivity contribution in [2.24, 2.45) is 0 Å². The van der Waals surface area contributed by atoms with E-state index in [0.29, 0.717) is 5.56 Å². The summed E-state index contributed by atoms with van der Waals surface area (Å²) in [6, 6.07) is 6.02. The minimum atomic E-state index is -1.87. The number of nitrogens with zero attached hydrogens (tertiary/aromatic N) is 1. The number of aliphatic hydroxyl groups excluding tert-OH is 5. The Labute approximate surface area is 161 Å². The number of aliphatic hydroxyl groups is 5. The summed E-state index contributed by atoms with van der Waals surface area (Å²) in [6.45, 7) is -0.968. The largest absolute Gasteiger partial charge is 0.467 e. The van der Waals surface area contributed by atoms with Crippen LogP contribution >= 0.6 is 0 Å². The molecule has 10 heteroatoms. The first kappa shape index (κ1) is 22.1. The van der Waals surface area contributed by atoms with Gasteiger partial charge in [-0.2, -0.15) is 0 Å². The molecule has 1 aliphatic rings. The molecule has 1 saturated heterocycles. The number of likely N-dealkylation sites (tertiary alicyclic amines) is 1. The number of amides is 1. The summed E-state index contributed by atoms with van der Waals surface area (Å²) in [5, 5.41) is 49.2. The smallest absolute Gasteiger partial charge is 0.411 e. The average molecular weight is 399 g/mol. The molecule has 1 aliphatic heterocycles. The molecule has 5 N–H and O–H groups in total. The van der Waals surface area contributed by atoms with Crippen molar-refractivity contribution in [2.45, 2.75) is 49.5 Å². The van der Waals surface area contributed by atoms with Crippen molar-refractivity contribution in [2.75, 3.05) is 13.7 Å². The van der Waals surface area contributed by atoms with E-state index in [0.717, 1.165) is 12.0 Å². The third-order valence-electron chi connectivity index (χ3n) is 4.69. The van der Waals surface area contributed by atoms with Crippen LogP contribution < -0.4 is 0 Å². The molecule has 0 aromatic heterocycles. The van der Waals surface area contributed by atoms with Crippen molar-refractivity contribution in [3.63, 3.8) is 0 Å². The Bertz CT molecular complexity index is 656. The van der Waals surface area contributed by atoms with Gasteiger partial charge in [0, 0.05) is 6.42 Å². The van der Waals surface area contributed by atoms with Gasteiger partial charge in [0.2, 0.25) is 0 Å². The van der Waals surface area contributed by atoms with Gasteiger partial charge in [-0.15, -0.1) is 0 Å². The Morgan fingerprint density at radius 1 is 1.21 bits per heavy atom. The maximum absolute atomic E-state index is 12.7. The summed E-state index contributed by atoms with van der Waals surface area (Å²) in [7, 11) is 1.11. The van der Waals surface area contributed by atoms with Crippen LogP contribution in [-0.4, -0.2) is 92.7 Å². The van der Waals surface area contributed by atoms with Crippen molar-refractivity contribution in [3.8, 4) is 0 Å². The molecule has 6 atom stereocenters. The lowest BCUT2D eigenvalue weighted by molar-refractivity contribution is -0.147. The molecular weight excluding hydrogens is 374 g/mol. The second kappa shape index (κ2) is 9.80. The predicted octanol–water partition coefficient (Wildman–Crippen LogP) is -1.62. The molecular formula is C18H25NO9. The van der Waals surface area contributed by atoms with Crippen LogP contribution in [0.5, 0.6) is 0 Å². The third kappa shape index (κ3) is 4.78. The lowest BCUT2D eigenvalue weighted by atomic mass is 9.97. The lowest BCUT2D eigenvalue weighted by Crippen LogP contribution is -2.57. The summed E-state index contributed by atoms with van der Waals surface area (Å²) < 4.78 is 9.85. The second-order valence-corrected chi connectivity index (χ2v) is 6.51. The summed E-state index contributed by atoms with van der Waals surface area (Å²) in [4.78, 5) is 25.5. The zero-order valence-corrected chi connectivity index (χ0v) is 15.3. The molecule has 0 bridgehead atoms. The fourth-order valence-corrected chi connectivity index (χ4v) is 3.19. The molecule has 0 saturated carbocycles. The van der Waals surface area contributed by atoms with Crippen molar-refractivity contribution in [3.05, 3.63) is 35.9 Å². The molecule has 1 aromatic carbocycles. The molecule has 1 heterocycles. The first-order valence-electron chi connectivity index (χ1n) is 8.71. The number of hydrogen-bond donors (Lipinski definition) is 5. The Morgan fingerprint density at radius 3 is 2.43 bits per heavy atom. The first-order chi connectivity index (χ1) is 13.3. The van der Waals surface area contributed by atoms with Crippen LogP contribution in [0.25, 0.3) is 0 Å². The van der Waals surface area contributed by atoms with Crippen LogP contribution in [0.1, 0.15) is 12.0 Å². The van der Waals surface area contributed by atoms with Crippen molar-refractivity contribution in [1.29, 1.82) is 0 Å². The van der Waals surface area contributed by atoms with Crippen LogP contribution in [0.4, 0.5) is 4.79 Å². The van der Waals surface area contributed by atoms with Crippen LogP contribution in [0.2, 0.25) is 0 Å². The topological polar surface area (TPSA) is 157 Å². The standard InChI is InChI=1S/C18H25NO9/c1-27-17(25)11-7-12(21)14(16(24)15(23)13(22)8-20)19(11)18(26)28-9-10-5-3-2-4-6-10/h2-6,11-16,20-24H,7-9H2,1H3/t11-,12+,13-,14-,15-,16-/m1/s1. The molecule has 1 amide bonds. The van der Waals surface area contributed by atoms with Gasteiger partial charge in [-0.1, -0.05) is 30.3 Å². The van der Waals surface area contributed by atoms with Crippen molar-refractivity contribution < 1.29 is 44.6 Å². The van der Waals surface area contributed by atoms with Crippen LogP contribution in [0.3, 0.4) is 0 Å². The van der Waals surface area contributed by atoms with Gasteiger partial charge in [0.05, 0.1) is 25.9 Å². The van der Waals surface area contributed by atoms with Crippen LogP contribution in [0, 0.1) is 0 Å². The Kier molecular flexibility index (Phi) is 7.72. The van der Waals surface area contributed by atoms with Gasteiger partial charge in [0.25, 0.3) is 0 Å². The van der Waals surface area contributed by atoms with E-state index in [4.69, 9.17) is 9.84 Å². The number of benzene rings is 1. The maximum Gasteiger partial charge on any atom is 0.411 e. The van der Waals surface area contributed by atoms with Gasteiger partial charge in [-0.05, 0) is 5.56 Å². The van der Waals surface area contributed by atoms with E-state index in [1.54, 1.807) is 30.3 Å². The summed E-state index contributed by atoms with van der Waals surface area (Å²) in [5.74, 6) is -0.831. The monoisotopic (exact) mass is 399 g/mol. The number of hydrogen-bond acceptors (Lipinski definition) is 9. The van der Waals surface area contributed by atoms with Gasteiger partial charge in [0.15, 0.2) is 0 Å². The van der Waals surface area contributed by atoms with E-state index in [-0.39, 0.29) is 13.0 Å². The van der Waals surface area contributed by atoms with Crippen LogP contribution in [0.15, 0.2) is 30.3 Å². The molecule has 0 aliphatic carbocycles. The lowest BCUT2D eigenvalue weighted by Gasteiger charge is -2.34. The van der Waals surface area contributed by atoms with E-state index in [9.17, 15) is 30.0 Å². The quantitative estimate of drug-likeness (QED) is 0.340. The van der Waals surface area contributed by atoms with Crippen molar-refractivity contribution >= 4 is 12.1 Å². The highest BCUT2D eigenvalue weighted by molar-refractivity contribution is 5.82. The summed E-state index contributed by atoms with van der Waals surface area (Å²) >= 11 is 0. The Morgan fingerprint density at radius 2 is 1.86 bits per heavy atom. The number of ether oxygens (including phenoxy) is 2. The summed E-state index contributed by atoms with van der Waals surface area (Å²) in [5.41, 5.74) is 0.679. The van der Waals surface area contributed by atoms with Gasteiger partial charge >= 0.3 is 12.1 Å². The highest BCUT2D eigenvalue weighted by Gasteiger charge is 2.52. The van der Waals surface area contributed by atoms with E-state index >= 15 is 0 Å². The number of methoxy groups -OCH3 is 1. The minimum Gasteiger partial charge on any atom is -0.467 e. The third-order valence-corrected chi connectivity index (χ3v) is 4.69. The number of esters is 1. The molecule has 1 fully saturated rings. The van der Waals surface area contributed by atoms with Gasteiger partial charge in [-0.3, -0.25) is 4.90 Å². The zero-order valence-electron chi connectivity index (χ0n) is 15.3. The summed E-state index contributed by atoms with van der Waals surface area (Å²) in [6.07, 6.45) is -8.09. The Hall–Kier alpha value is -2.24. The Balaban J connectivity index is 2.23. The first-order valence-corrected chi connectivity index (χ1v) is 8.71. The predicted molar refractivity (Wildman–Crippen MR) is 93.8 cm³/mol. The van der Waals surface area contributed by atoms with Gasteiger partial charge in [0.1, 0.15) is 31.0 Å². The maximum atomic E-state index is 12.7. The van der Waals surface area contributed by atoms with E-state index < -0.39 is 55.2 Å². The SMILES string of the molecule is COC(=O)[C@H]1C[C@H](O)[C@H]([C@@H](O)[C@H](O)[C@H](O)CO)N1C(=O)OCc1ccccc1.